The van der Waals surface area contributed by atoms with E-state index in [0.717, 1.165) is 29.5 Å². The number of nitrogens with zero attached hydrogens (tertiary/aromatic N) is 4. The number of benzene rings is 2. The summed E-state index contributed by atoms with van der Waals surface area (Å²) in [6.45, 7) is 2.29. The van der Waals surface area contributed by atoms with Crippen LogP contribution in [0, 0.1) is 26.0 Å². The van der Waals surface area contributed by atoms with E-state index in [2.05, 4.69) is 4.99 Å². The molecule has 144 valence electrons. The van der Waals surface area contributed by atoms with Gasteiger partial charge in [0, 0.05) is 18.7 Å². The number of hydrogen-bond acceptors (Lipinski definition) is 6. The average Bonchev–Trinajstić information content (AvgIpc) is 3.00. The van der Waals surface area contributed by atoms with Gasteiger partial charge in [-0.15, -0.1) is 0 Å². The Morgan fingerprint density at radius 3 is 2.39 bits per heavy atom. The highest BCUT2D eigenvalue weighted by molar-refractivity contribution is 7.16. The number of halogens is 1. The summed E-state index contributed by atoms with van der Waals surface area (Å²) in [5.41, 5.74) is -1.15. The van der Waals surface area contributed by atoms with Crippen LogP contribution < -0.4 is 4.80 Å². The second-order valence-electron chi connectivity index (χ2n) is 5.79. The van der Waals surface area contributed by atoms with Crippen LogP contribution in [0.1, 0.15) is 23.7 Å². The smallest absolute Gasteiger partial charge is 0.280 e. The van der Waals surface area contributed by atoms with E-state index in [1.54, 1.807) is 16.7 Å². The Morgan fingerprint density at radius 2 is 1.82 bits per heavy atom. The number of non-ortho nitro benzene ring substituents is 2. The lowest BCUT2D eigenvalue weighted by Gasteiger charge is -2.03. The van der Waals surface area contributed by atoms with Crippen molar-refractivity contribution in [1.82, 2.24) is 4.57 Å². The van der Waals surface area contributed by atoms with E-state index in [1.165, 1.54) is 6.07 Å². The monoisotopic (exact) mass is 404 g/mol. The van der Waals surface area contributed by atoms with Crippen LogP contribution in [0.2, 0.25) is 0 Å². The first kappa shape index (κ1) is 19.3. The zero-order valence-electron chi connectivity index (χ0n) is 14.5. The summed E-state index contributed by atoms with van der Waals surface area (Å²) in [4.78, 5) is 37.1. The van der Waals surface area contributed by atoms with Crippen molar-refractivity contribution < 1.29 is 19.0 Å². The fraction of sp³-hybridized carbons (Fsp3) is 0.176. The van der Waals surface area contributed by atoms with Crippen LogP contribution in [-0.2, 0) is 6.54 Å². The van der Waals surface area contributed by atoms with Gasteiger partial charge < -0.3 is 4.57 Å². The summed E-state index contributed by atoms with van der Waals surface area (Å²) in [6, 6.07) is 7.16. The molecular weight excluding hydrogens is 391 g/mol. The molecule has 3 aromatic rings. The molecular formula is C17H13FN4O5S. The quantitative estimate of drug-likeness (QED) is 0.473. The number of aryl methyl sites for hydroxylation is 1. The van der Waals surface area contributed by atoms with Crippen LogP contribution in [0.5, 0.6) is 0 Å². The molecule has 0 spiro atoms. The first-order valence-corrected chi connectivity index (χ1v) is 8.94. The van der Waals surface area contributed by atoms with Gasteiger partial charge in [0.05, 0.1) is 31.7 Å². The van der Waals surface area contributed by atoms with E-state index >= 15 is 0 Å². The lowest BCUT2D eigenvalue weighted by Crippen LogP contribution is -2.17. The third-order valence-corrected chi connectivity index (χ3v) is 4.91. The molecule has 9 nitrogen and oxygen atoms in total. The summed E-state index contributed by atoms with van der Waals surface area (Å²) < 4.78 is 16.4. The minimum atomic E-state index is -0.886. The van der Waals surface area contributed by atoms with Gasteiger partial charge in [0.1, 0.15) is 5.82 Å². The molecule has 3 rings (SSSR count). The molecule has 0 unspecified atom stereocenters. The Balaban J connectivity index is 2.18. The van der Waals surface area contributed by atoms with E-state index < -0.39 is 32.9 Å². The maximum absolute atomic E-state index is 14.2. The van der Waals surface area contributed by atoms with E-state index in [0.29, 0.717) is 23.2 Å². The van der Waals surface area contributed by atoms with E-state index in [-0.39, 0.29) is 10.4 Å². The Labute approximate surface area is 160 Å². The van der Waals surface area contributed by atoms with Crippen molar-refractivity contribution in [3.8, 4) is 0 Å². The van der Waals surface area contributed by atoms with Gasteiger partial charge in [-0.2, -0.15) is 4.99 Å². The van der Waals surface area contributed by atoms with Crippen molar-refractivity contribution >= 4 is 38.8 Å². The van der Waals surface area contributed by atoms with Crippen molar-refractivity contribution in [2.45, 2.75) is 19.9 Å². The molecule has 0 saturated heterocycles. The number of thiazole rings is 1. The van der Waals surface area contributed by atoms with Crippen molar-refractivity contribution in [3.05, 3.63) is 72.8 Å². The summed E-state index contributed by atoms with van der Waals surface area (Å²) in [6.07, 6.45) is 0.657. The van der Waals surface area contributed by atoms with Gasteiger partial charge >= 0.3 is 0 Å². The second kappa shape index (κ2) is 7.64. The summed E-state index contributed by atoms with van der Waals surface area (Å²) in [5, 5.41) is 22.0. The number of aromatic nitrogens is 1. The van der Waals surface area contributed by atoms with Crippen LogP contribution in [-0.4, -0.2) is 20.3 Å². The molecule has 28 heavy (non-hydrogen) atoms. The molecule has 0 N–H and O–H groups in total. The largest absolute Gasteiger partial charge is 0.314 e. The first-order valence-electron chi connectivity index (χ1n) is 8.12. The SMILES string of the molecule is CCCn1c(=NC(=O)c2cc([N+](=O)[O-])cc([N+](=O)[O-])c2)sc2cccc(F)c21. The van der Waals surface area contributed by atoms with Gasteiger partial charge in [0.2, 0.25) is 0 Å². The van der Waals surface area contributed by atoms with Gasteiger partial charge in [-0.1, -0.05) is 24.3 Å². The number of nitro groups is 2. The number of hydrogen-bond donors (Lipinski definition) is 0. The zero-order chi connectivity index (χ0) is 20.4. The molecule has 0 bridgehead atoms. The molecule has 0 atom stereocenters. The Morgan fingerprint density at radius 1 is 1.18 bits per heavy atom. The zero-order valence-corrected chi connectivity index (χ0v) is 15.3. The van der Waals surface area contributed by atoms with Crippen LogP contribution >= 0.6 is 11.3 Å². The van der Waals surface area contributed by atoms with Crippen LogP contribution in [0.15, 0.2) is 41.4 Å². The minimum absolute atomic E-state index is 0.209. The number of amides is 1. The van der Waals surface area contributed by atoms with E-state index in [9.17, 15) is 29.4 Å². The number of carbonyl (C=O) groups is 1. The predicted octanol–water partition coefficient (Wildman–Crippen LogP) is 3.81. The number of para-hydroxylation sites is 1. The highest BCUT2D eigenvalue weighted by Crippen LogP contribution is 2.24. The minimum Gasteiger partial charge on any atom is -0.314 e. The summed E-state index contributed by atoms with van der Waals surface area (Å²) >= 11 is 1.09. The summed E-state index contributed by atoms with van der Waals surface area (Å²) in [7, 11) is 0. The second-order valence-corrected chi connectivity index (χ2v) is 6.80. The number of rotatable bonds is 5. The molecule has 11 heteroatoms. The van der Waals surface area contributed by atoms with Gasteiger partial charge in [0.15, 0.2) is 4.80 Å². The van der Waals surface area contributed by atoms with Gasteiger partial charge in [0.25, 0.3) is 17.3 Å². The Hall–Kier alpha value is -3.47. The molecule has 0 aliphatic heterocycles. The van der Waals surface area contributed by atoms with Crippen molar-refractivity contribution in [1.29, 1.82) is 0 Å². The molecule has 0 aliphatic rings. The van der Waals surface area contributed by atoms with Gasteiger partial charge in [-0.25, -0.2) is 4.39 Å². The molecule has 0 radical (unpaired) electrons. The number of fused-ring (bicyclic) bond motifs is 1. The molecule has 0 saturated carbocycles. The van der Waals surface area contributed by atoms with Crippen molar-refractivity contribution in [2.75, 3.05) is 0 Å². The molecule has 1 aromatic heterocycles. The number of carbonyl (C=O) groups excluding carboxylic acids is 1. The van der Waals surface area contributed by atoms with Crippen LogP contribution in [0.25, 0.3) is 10.2 Å². The highest BCUT2D eigenvalue weighted by atomic mass is 32.1. The topological polar surface area (TPSA) is 121 Å². The van der Waals surface area contributed by atoms with Gasteiger partial charge in [-0.3, -0.25) is 25.0 Å². The normalized spacial score (nSPS) is 11.7. The average molecular weight is 404 g/mol. The lowest BCUT2D eigenvalue weighted by atomic mass is 10.1. The number of nitro benzene ring substituents is 2. The lowest BCUT2D eigenvalue weighted by molar-refractivity contribution is -0.394. The van der Waals surface area contributed by atoms with Crippen molar-refractivity contribution in [2.24, 2.45) is 4.99 Å². The fourth-order valence-electron chi connectivity index (χ4n) is 2.68. The molecule has 1 heterocycles. The maximum Gasteiger partial charge on any atom is 0.280 e. The Kier molecular flexibility index (Phi) is 5.27. The van der Waals surface area contributed by atoms with Crippen LogP contribution in [0.3, 0.4) is 0 Å². The molecule has 2 aromatic carbocycles. The van der Waals surface area contributed by atoms with Crippen LogP contribution in [0.4, 0.5) is 15.8 Å². The fourth-order valence-corrected chi connectivity index (χ4v) is 3.75. The van der Waals surface area contributed by atoms with Gasteiger partial charge in [-0.05, 0) is 18.6 Å². The third kappa shape index (κ3) is 3.64. The maximum atomic E-state index is 14.2. The predicted molar refractivity (Wildman–Crippen MR) is 99.7 cm³/mol. The van der Waals surface area contributed by atoms with E-state index in [4.69, 9.17) is 0 Å². The first-order chi connectivity index (χ1) is 13.3. The standard InChI is InChI=1S/C17H13FN4O5S/c1-2-6-20-15-13(18)4-3-5-14(15)28-17(20)19-16(23)10-7-11(21(24)25)9-12(8-10)22(26)27/h3-5,7-9H,2,6H2,1H3. The highest BCUT2D eigenvalue weighted by Gasteiger charge is 2.20. The molecule has 0 fully saturated rings. The molecule has 1 amide bonds. The molecule has 0 aliphatic carbocycles. The van der Waals surface area contributed by atoms with E-state index in [1.807, 2.05) is 6.92 Å². The third-order valence-electron chi connectivity index (χ3n) is 3.87. The Bertz CT molecular complexity index is 1150. The summed E-state index contributed by atoms with van der Waals surface area (Å²) in [5.74, 6) is -1.34. The van der Waals surface area contributed by atoms with Crippen molar-refractivity contribution in [3.63, 3.8) is 0 Å².